The zero-order chi connectivity index (χ0) is 8.97. The maximum Gasteiger partial charge on any atom is 0.183 e. The summed E-state index contributed by atoms with van der Waals surface area (Å²) < 4.78 is 0. The fourth-order valence-corrected chi connectivity index (χ4v) is 1.47. The standard InChI is InChI=1S/C8H13N3S/c1-6(7-3-4-7)11-8(12-2)10-5-9/h6-7H,3-4H2,1-2H3,(H,10,11). The zero-order valence-corrected chi connectivity index (χ0v) is 8.19. The molecule has 0 saturated heterocycles. The molecule has 0 aliphatic heterocycles. The van der Waals surface area contributed by atoms with Gasteiger partial charge in [0.1, 0.15) is 0 Å². The van der Waals surface area contributed by atoms with Gasteiger partial charge in [-0.25, -0.2) is 0 Å². The molecule has 1 rings (SSSR count). The second-order valence-corrected chi connectivity index (χ2v) is 3.75. The van der Waals surface area contributed by atoms with Crippen LogP contribution in [0.3, 0.4) is 0 Å². The summed E-state index contributed by atoms with van der Waals surface area (Å²) in [5.41, 5.74) is 0. The third-order valence-electron chi connectivity index (χ3n) is 1.98. The van der Waals surface area contributed by atoms with Gasteiger partial charge in [0.25, 0.3) is 0 Å². The molecule has 0 aromatic carbocycles. The van der Waals surface area contributed by atoms with Crippen LogP contribution in [0.1, 0.15) is 19.8 Å². The molecule has 1 N–H and O–H groups in total. The Morgan fingerprint density at radius 1 is 1.75 bits per heavy atom. The van der Waals surface area contributed by atoms with E-state index in [2.05, 4.69) is 17.2 Å². The molecule has 1 unspecified atom stereocenters. The molecule has 1 aliphatic carbocycles. The molecular weight excluding hydrogens is 170 g/mol. The van der Waals surface area contributed by atoms with E-state index >= 15 is 0 Å². The number of hydrogen-bond acceptors (Lipinski definition) is 3. The highest BCUT2D eigenvalue weighted by atomic mass is 32.2. The predicted molar refractivity (Wildman–Crippen MR) is 51.9 cm³/mol. The Kier molecular flexibility index (Phi) is 3.42. The first kappa shape index (κ1) is 9.40. The van der Waals surface area contributed by atoms with Crippen LogP contribution in [0.15, 0.2) is 4.99 Å². The summed E-state index contributed by atoms with van der Waals surface area (Å²) in [6.07, 6.45) is 6.38. The molecule has 1 fully saturated rings. The van der Waals surface area contributed by atoms with Crippen LogP contribution in [0.2, 0.25) is 0 Å². The molecule has 1 atom stereocenters. The maximum atomic E-state index is 8.38. The second kappa shape index (κ2) is 4.36. The SMILES string of the molecule is CSC(=NC(C)C1CC1)NC#N. The Morgan fingerprint density at radius 3 is 2.83 bits per heavy atom. The Balaban J connectivity index is 2.44. The van der Waals surface area contributed by atoms with Crippen molar-refractivity contribution in [2.24, 2.45) is 10.9 Å². The summed E-state index contributed by atoms with van der Waals surface area (Å²) in [5.74, 6) is 0.757. The molecule has 0 bridgehead atoms. The van der Waals surface area contributed by atoms with Gasteiger partial charge >= 0.3 is 0 Å². The van der Waals surface area contributed by atoms with Gasteiger partial charge in [-0.3, -0.25) is 10.3 Å². The highest BCUT2D eigenvalue weighted by molar-refractivity contribution is 8.13. The molecule has 0 radical (unpaired) electrons. The molecule has 66 valence electrons. The first-order valence-corrected chi connectivity index (χ1v) is 5.27. The Bertz CT molecular complexity index is 215. The van der Waals surface area contributed by atoms with Crippen LogP contribution < -0.4 is 5.32 Å². The van der Waals surface area contributed by atoms with E-state index in [0.29, 0.717) is 6.04 Å². The third-order valence-corrected chi connectivity index (χ3v) is 2.58. The van der Waals surface area contributed by atoms with Crippen molar-refractivity contribution in [3.05, 3.63) is 0 Å². The van der Waals surface area contributed by atoms with E-state index in [-0.39, 0.29) is 0 Å². The number of amidine groups is 1. The van der Waals surface area contributed by atoms with Crippen molar-refractivity contribution in [3.63, 3.8) is 0 Å². The molecule has 12 heavy (non-hydrogen) atoms. The van der Waals surface area contributed by atoms with Crippen LogP contribution in [0, 0.1) is 17.4 Å². The Morgan fingerprint density at radius 2 is 2.42 bits per heavy atom. The molecule has 0 amide bonds. The number of rotatable bonds is 2. The number of nitrogens with zero attached hydrogens (tertiary/aromatic N) is 2. The van der Waals surface area contributed by atoms with Crippen LogP contribution in [-0.4, -0.2) is 17.5 Å². The second-order valence-electron chi connectivity index (χ2n) is 2.95. The molecule has 1 aliphatic rings. The molecule has 0 spiro atoms. The quantitative estimate of drug-likeness (QED) is 0.306. The van der Waals surface area contributed by atoms with E-state index in [1.54, 1.807) is 0 Å². The number of hydrogen-bond donors (Lipinski definition) is 1. The van der Waals surface area contributed by atoms with Crippen molar-refractivity contribution in [2.45, 2.75) is 25.8 Å². The molecule has 0 heterocycles. The zero-order valence-electron chi connectivity index (χ0n) is 7.37. The lowest BCUT2D eigenvalue weighted by molar-refractivity contribution is 0.652. The topological polar surface area (TPSA) is 48.2 Å². The van der Waals surface area contributed by atoms with Gasteiger partial charge in [0.15, 0.2) is 11.4 Å². The minimum absolute atomic E-state index is 0.369. The van der Waals surface area contributed by atoms with Crippen LogP contribution in [0.25, 0.3) is 0 Å². The van der Waals surface area contributed by atoms with Crippen molar-refractivity contribution in [1.29, 1.82) is 5.26 Å². The smallest absolute Gasteiger partial charge is 0.183 e. The molecule has 3 nitrogen and oxygen atoms in total. The summed E-state index contributed by atoms with van der Waals surface area (Å²) in [5, 5.41) is 11.7. The monoisotopic (exact) mass is 183 g/mol. The molecule has 0 aromatic heterocycles. The van der Waals surface area contributed by atoms with Crippen LogP contribution in [0.4, 0.5) is 0 Å². The van der Waals surface area contributed by atoms with Gasteiger partial charge in [0.05, 0.1) is 6.04 Å². The van der Waals surface area contributed by atoms with Gasteiger partial charge in [-0.1, -0.05) is 11.8 Å². The van der Waals surface area contributed by atoms with E-state index in [9.17, 15) is 0 Å². The number of thioether (sulfide) groups is 1. The lowest BCUT2D eigenvalue weighted by Crippen LogP contribution is -2.16. The lowest BCUT2D eigenvalue weighted by Gasteiger charge is -2.05. The van der Waals surface area contributed by atoms with Gasteiger partial charge in [-0.05, 0) is 31.9 Å². The molecule has 4 heteroatoms. The summed E-state index contributed by atoms with van der Waals surface area (Å²) >= 11 is 1.48. The number of nitrogens with one attached hydrogen (secondary N) is 1. The normalized spacial score (nSPS) is 19.9. The van der Waals surface area contributed by atoms with E-state index in [1.807, 2.05) is 12.4 Å². The van der Waals surface area contributed by atoms with Gasteiger partial charge in [0.2, 0.25) is 0 Å². The van der Waals surface area contributed by atoms with Crippen molar-refractivity contribution in [1.82, 2.24) is 5.32 Å². The van der Waals surface area contributed by atoms with Crippen molar-refractivity contribution >= 4 is 16.9 Å². The van der Waals surface area contributed by atoms with E-state index in [4.69, 9.17) is 5.26 Å². The van der Waals surface area contributed by atoms with Crippen molar-refractivity contribution < 1.29 is 0 Å². The van der Waals surface area contributed by atoms with Gasteiger partial charge < -0.3 is 0 Å². The molecular formula is C8H13N3S. The van der Waals surface area contributed by atoms with Crippen molar-refractivity contribution in [2.75, 3.05) is 6.26 Å². The Hall–Kier alpha value is -0.690. The fourth-order valence-electron chi connectivity index (χ4n) is 1.05. The lowest BCUT2D eigenvalue weighted by atomic mass is 10.2. The summed E-state index contributed by atoms with van der Waals surface area (Å²) in [4.78, 5) is 4.39. The highest BCUT2D eigenvalue weighted by Gasteiger charge is 2.27. The molecule has 0 aromatic rings. The highest BCUT2D eigenvalue weighted by Crippen LogP contribution is 2.34. The predicted octanol–water partition coefficient (Wildman–Crippen LogP) is 1.57. The van der Waals surface area contributed by atoms with Gasteiger partial charge in [-0.15, -0.1) is 0 Å². The largest absolute Gasteiger partial charge is 0.272 e. The van der Waals surface area contributed by atoms with Crippen LogP contribution in [0.5, 0.6) is 0 Å². The van der Waals surface area contributed by atoms with Crippen LogP contribution in [-0.2, 0) is 0 Å². The minimum Gasteiger partial charge on any atom is -0.272 e. The average molecular weight is 183 g/mol. The average Bonchev–Trinajstić information content (AvgIpc) is 2.85. The maximum absolute atomic E-state index is 8.38. The summed E-state index contributed by atoms with van der Waals surface area (Å²) in [7, 11) is 0. The van der Waals surface area contributed by atoms with Gasteiger partial charge in [-0.2, -0.15) is 5.26 Å². The van der Waals surface area contributed by atoms with E-state index in [0.717, 1.165) is 11.1 Å². The first-order chi connectivity index (χ1) is 5.77. The van der Waals surface area contributed by atoms with E-state index in [1.165, 1.54) is 24.6 Å². The third kappa shape index (κ3) is 2.74. The summed E-state index contributed by atoms with van der Waals surface area (Å²) in [6, 6.07) is 0.369. The minimum atomic E-state index is 0.369. The van der Waals surface area contributed by atoms with Crippen LogP contribution >= 0.6 is 11.8 Å². The van der Waals surface area contributed by atoms with Crippen molar-refractivity contribution in [3.8, 4) is 6.19 Å². The van der Waals surface area contributed by atoms with Gasteiger partial charge in [0, 0.05) is 0 Å². The number of nitriles is 1. The number of aliphatic imine (C=N–C) groups is 1. The molecule has 1 saturated carbocycles. The Labute approximate surface area is 77.2 Å². The van der Waals surface area contributed by atoms with E-state index < -0.39 is 0 Å². The summed E-state index contributed by atoms with van der Waals surface area (Å²) in [6.45, 7) is 2.10. The first-order valence-electron chi connectivity index (χ1n) is 4.04. The fraction of sp³-hybridized carbons (Fsp3) is 0.750.